The Bertz CT molecular complexity index is 726. The second kappa shape index (κ2) is 12.8. The highest BCUT2D eigenvalue weighted by atomic mass is 127. The van der Waals surface area contributed by atoms with Crippen molar-refractivity contribution in [3.05, 3.63) is 52.8 Å². The van der Waals surface area contributed by atoms with E-state index in [1.54, 1.807) is 0 Å². The Kier molecular flexibility index (Phi) is 11.1. The van der Waals surface area contributed by atoms with Gasteiger partial charge in [0.05, 0.1) is 12.2 Å². The number of aryl methyl sites for hydroxylation is 2. The molecular formula is C21H35IN6. The molecule has 1 aromatic carbocycles. The molecule has 2 N–H and O–H groups in total. The molecule has 0 unspecified atom stereocenters. The van der Waals surface area contributed by atoms with Gasteiger partial charge in [0.1, 0.15) is 0 Å². The third-order valence-corrected chi connectivity index (χ3v) is 4.70. The van der Waals surface area contributed by atoms with Crippen molar-refractivity contribution in [1.29, 1.82) is 0 Å². The SMILES string of the molecule is CCNC(=NCc1c(C)nn(C)c1C)NCCCN(C)Cc1ccccc1.I. The van der Waals surface area contributed by atoms with E-state index in [9.17, 15) is 0 Å². The Balaban J connectivity index is 0.00000392. The Morgan fingerprint density at radius 3 is 2.50 bits per heavy atom. The molecular weight excluding hydrogens is 463 g/mol. The van der Waals surface area contributed by atoms with Crippen LogP contribution in [0, 0.1) is 13.8 Å². The first kappa shape index (κ1) is 24.4. The summed E-state index contributed by atoms with van der Waals surface area (Å²) in [6.45, 7) is 10.6. The van der Waals surface area contributed by atoms with Crippen LogP contribution >= 0.6 is 24.0 Å². The van der Waals surface area contributed by atoms with Gasteiger partial charge in [-0.2, -0.15) is 5.10 Å². The predicted octanol–water partition coefficient (Wildman–Crippen LogP) is 3.23. The maximum Gasteiger partial charge on any atom is 0.191 e. The molecule has 156 valence electrons. The van der Waals surface area contributed by atoms with Crippen molar-refractivity contribution >= 4 is 29.9 Å². The van der Waals surface area contributed by atoms with Crippen molar-refractivity contribution in [3.63, 3.8) is 0 Å². The number of guanidine groups is 1. The van der Waals surface area contributed by atoms with Gasteiger partial charge < -0.3 is 15.5 Å². The van der Waals surface area contributed by atoms with Crippen LogP contribution in [0.4, 0.5) is 0 Å². The first-order chi connectivity index (χ1) is 13.0. The maximum atomic E-state index is 4.73. The minimum Gasteiger partial charge on any atom is -0.357 e. The van der Waals surface area contributed by atoms with Gasteiger partial charge in [0.25, 0.3) is 0 Å². The van der Waals surface area contributed by atoms with Crippen LogP contribution in [0.15, 0.2) is 35.3 Å². The highest BCUT2D eigenvalue weighted by Crippen LogP contribution is 2.12. The largest absolute Gasteiger partial charge is 0.357 e. The lowest BCUT2D eigenvalue weighted by Crippen LogP contribution is -2.38. The van der Waals surface area contributed by atoms with E-state index >= 15 is 0 Å². The number of aromatic nitrogens is 2. The summed E-state index contributed by atoms with van der Waals surface area (Å²) in [7, 11) is 4.14. The molecule has 0 aliphatic carbocycles. The van der Waals surface area contributed by atoms with Crippen molar-refractivity contribution in [1.82, 2.24) is 25.3 Å². The Morgan fingerprint density at radius 1 is 1.18 bits per heavy atom. The van der Waals surface area contributed by atoms with E-state index < -0.39 is 0 Å². The van der Waals surface area contributed by atoms with Crippen LogP contribution in [-0.2, 0) is 20.1 Å². The molecule has 0 aliphatic heterocycles. The zero-order valence-corrected chi connectivity index (χ0v) is 20.2. The second-order valence-electron chi connectivity index (χ2n) is 6.97. The molecule has 0 bridgehead atoms. The molecule has 2 aromatic rings. The molecule has 1 heterocycles. The summed E-state index contributed by atoms with van der Waals surface area (Å²) in [5.41, 5.74) is 4.79. The molecule has 6 nitrogen and oxygen atoms in total. The Morgan fingerprint density at radius 2 is 1.89 bits per heavy atom. The molecule has 0 amide bonds. The number of hydrogen-bond donors (Lipinski definition) is 2. The molecule has 0 aliphatic rings. The van der Waals surface area contributed by atoms with Gasteiger partial charge >= 0.3 is 0 Å². The topological polar surface area (TPSA) is 57.5 Å². The second-order valence-corrected chi connectivity index (χ2v) is 6.97. The summed E-state index contributed by atoms with van der Waals surface area (Å²) < 4.78 is 1.92. The number of benzene rings is 1. The molecule has 0 atom stereocenters. The van der Waals surface area contributed by atoms with Crippen LogP contribution in [0.2, 0.25) is 0 Å². The highest BCUT2D eigenvalue weighted by Gasteiger charge is 2.09. The average molecular weight is 498 g/mol. The van der Waals surface area contributed by atoms with Crippen molar-refractivity contribution in [2.75, 3.05) is 26.7 Å². The standard InChI is InChI=1S/C21H34N6.HI/c1-6-22-21(24-15-20-17(2)25-27(5)18(20)3)23-13-10-14-26(4)16-19-11-8-7-9-12-19;/h7-9,11-12H,6,10,13-16H2,1-5H3,(H2,22,23,24);1H. The van der Waals surface area contributed by atoms with Gasteiger partial charge in [0.2, 0.25) is 0 Å². The first-order valence-corrected chi connectivity index (χ1v) is 9.75. The molecule has 0 radical (unpaired) electrons. The van der Waals surface area contributed by atoms with Crippen molar-refractivity contribution < 1.29 is 0 Å². The van der Waals surface area contributed by atoms with Gasteiger partial charge in [0.15, 0.2) is 5.96 Å². The molecule has 0 spiro atoms. The van der Waals surface area contributed by atoms with Crippen molar-refractivity contribution in [3.8, 4) is 0 Å². The van der Waals surface area contributed by atoms with Crippen LogP contribution < -0.4 is 10.6 Å². The quantitative estimate of drug-likeness (QED) is 0.241. The summed E-state index contributed by atoms with van der Waals surface area (Å²) in [5, 5.41) is 11.2. The van der Waals surface area contributed by atoms with E-state index in [0.29, 0.717) is 6.54 Å². The van der Waals surface area contributed by atoms with Gasteiger partial charge in [-0.25, -0.2) is 4.99 Å². The van der Waals surface area contributed by atoms with E-state index in [4.69, 9.17) is 4.99 Å². The van der Waals surface area contributed by atoms with Crippen LogP contribution in [0.1, 0.15) is 35.9 Å². The monoisotopic (exact) mass is 498 g/mol. The number of nitrogens with one attached hydrogen (secondary N) is 2. The third kappa shape index (κ3) is 7.79. The fourth-order valence-electron chi connectivity index (χ4n) is 3.08. The van der Waals surface area contributed by atoms with Crippen LogP contribution in [0.5, 0.6) is 0 Å². The van der Waals surface area contributed by atoms with Crippen molar-refractivity contribution in [2.45, 2.75) is 40.3 Å². The molecule has 7 heteroatoms. The van der Waals surface area contributed by atoms with Crippen LogP contribution in [0.25, 0.3) is 0 Å². The van der Waals surface area contributed by atoms with Crippen LogP contribution in [-0.4, -0.2) is 47.3 Å². The van der Waals surface area contributed by atoms with Gasteiger partial charge in [-0.05, 0) is 46.3 Å². The fraction of sp³-hybridized carbons (Fsp3) is 0.524. The van der Waals surface area contributed by atoms with E-state index in [0.717, 1.165) is 44.3 Å². The summed E-state index contributed by atoms with van der Waals surface area (Å²) in [6, 6.07) is 10.6. The number of hydrogen-bond acceptors (Lipinski definition) is 3. The molecule has 0 saturated carbocycles. The molecule has 1 aromatic heterocycles. The predicted molar refractivity (Wildman–Crippen MR) is 128 cm³/mol. The molecule has 0 fully saturated rings. The number of aliphatic imine (C=N–C) groups is 1. The Hall–Kier alpha value is -1.61. The van der Waals surface area contributed by atoms with Gasteiger partial charge in [0, 0.05) is 37.9 Å². The lowest BCUT2D eigenvalue weighted by molar-refractivity contribution is 0.322. The van der Waals surface area contributed by atoms with Crippen molar-refractivity contribution in [2.24, 2.45) is 12.0 Å². The third-order valence-electron chi connectivity index (χ3n) is 4.70. The van der Waals surface area contributed by atoms with E-state index in [1.165, 1.54) is 16.8 Å². The Labute approximate surface area is 186 Å². The number of nitrogens with zero attached hydrogens (tertiary/aromatic N) is 4. The first-order valence-electron chi connectivity index (χ1n) is 9.75. The summed E-state index contributed by atoms with van der Waals surface area (Å²) in [5.74, 6) is 0.867. The molecule has 2 rings (SSSR count). The van der Waals surface area contributed by atoms with Crippen LogP contribution in [0.3, 0.4) is 0 Å². The smallest absolute Gasteiger partial charge is 0.191 e. The number of halogens is 1. The summed E-state index contributed by atoms with van der Waals surface area (Å²) in [6.07, 6.45) is 1.07. The van der Waals surface area contributed by atoms with Gasteiger partial charge in [-0.3, -0.25) is 4.68 Å². The molecule has 0 saturated heterocycles. The number of rotatable bonds is 9. The highest BCUT2D eigenvalue weighted by molar-refractivity contribution is 14.0. The van der Waals surface area contributed by atoms with E-state index in [1.807, 2.05) is 18.7 Å². The average Bonchev–Trinajstić information content (AvgIpc) is 2.89. The lowest BCUT2D eigenvalue weighted by atomic mass is 10.2. The van der Waals surface area contributed by atoms with Gasteiger partial charge in [-0.1, -0.05) is 30.3 Å². The maximum absolute atomic E-state index is 4.73. The van der Waals surface area contributed by atoms with E-state index in [2.05, 4.69) is 71.9 Å². The zero-order chi connectivity index (χ0) is 19.6. The molecule has 28 heavy (non-hydrogen) atoms. The van der Waals surface area contributed by atoms with E-state index in [-0.39, 0.29) is 24.0 Å². The lowest BCUT2D eigenvalue weighted by Gasteiger charge is -2.17. The fourth-order valence-corrected chi connectivity index (χ4v) is 3.08. The van der Waals surface area contributed by atoms with Gasteiger partial charge in [-0.15, -0.1) is 24.0 Å². The summed E-state index contributed by atoms with van der Waals surface area (Å²) >= 11 is 0. The minimum absolute atomic E-state index is 0. The normalized spacial score (nSPS) is 11.4. The minimum atomic E-state index is 0. The summed E-state index contributed by atoms with van der Waals surface area (Å²) in [4.78, 5) is 7.08. The zero-order valence-electron chi connectivity index (χ0n) is 17.8.